The molecule has 1 spiro atoms. The molecule has 2 aliphatic rings. The van der Waals surface area contributed by atoms with Gasteiger partial charge in [0.15, 0.2) is 0 Å². The second-order valence-corrected chi connectivity index (χ2v) is 7.73. The van der Waals surface area contributed by atoms with Crippen molar-refractivity contribution in [2.24, 2.45) is 10.8 Å². The number of rotatable bonds is 1. The fourth-order valence-electron chi connectivity index (χ4n) is 4.22. The molecule has 0 saturated carbocycles. The summed E-state index contributed by atoms with van der Waals surface area (Å²) < 4.78 is 0. The summed E-state index contributed by atoms with van der Waals surface area (Å²) in [6, 6.07) is 8.69. The van der Waals surface area contributed by atoms with Gasteiger partial charge in [0, 0.05) is 30.7 Å². The fraction of sp³-hybridized carbons (Fsp3) is 0.588. The predicted molar refractivity (Wildman–Crippen MR) is 83.8 cm³/mol. The number of carbonyl (C=O) groups is 1. The fourth-order valence-corrected chi connectivity index (χ4v) is 4.22. The van der Waals surface area contributed by atoms with Crippen LogP contribution in [-0.2, 0) is 0 Å². The molecule has 1 atom stereocenters. The van der Waals surface area contributed by atoms with Crippen LogP contribution >= 0.6 is 0 Å². The lowest BCUT2D eigenvalue weighted by molar-refractivity contribution is -0.121. The van der Waals surface area contributed by atoms with E-state index in [0.29, 0.717) is 6.54 Å². The number of hydrogen-bond donors (Lipinski definition) is 1. The molecule has 4 nitrogen and oxygen atoms in total. The lowest BCUT2D eigenvalue weighted by atomic mass is 9.58. The van der Waals surface area contributed by atoms with Crippen molar-refractivity contribution in [2.75, 3.05) is 24.5 Å². The van der Waals surface area contributed by atoms with E-state index in [0.717, 1.165) is 13.1 Å². The molecule has 0 aromatic heterocycles. The van der Waals surface area contributed by atoms with Crippen molar-refractivity contribution in [3.8, 4) is 0 Å². The highest BCUT2D eigenvalue weighted by molar-refractivity contribution is 5.68. The molecule has 2 fully saturated rings. The van der Waals surface area contributed by atoms with Gasteiger partial charge in [-0.05, 0) is 24.5 Å². The molecule has 1 aromatic rings. The molecule has 1 unspecified atom stereocenters. The molecule has 21 heavy (non-hydrogen) atoms. The monoisotopic (exact) mass is 288 g/mol. The standard InChI is InChI=1S/C17H24N2O2/c1-12-5-7-13(8-6-12)18-9-17(10-18)11-19(15(20)21)14(17)16(2,3)4/h5-8,14H,9-11H2,1-4H3,(H,20,21). The van der Waals surface area contributed by atoms with Crippen LogP contribution < -0.4 is 4.90 Å². The molecule has 1 N–H and O–H groups in total. The second-order valence-electron chi connectivity index (χ2n) is 7.73. The maximum Gasteiger partial charge on any atom is 0.407 e. The average molecular weight is 288 g/mol. The van der Waals surface area contributed by atoms with Gasteiger partial charge in [-0.15, -0.1) is 0 Å². The van der Waals surface area contributed by atoms with Crippen molar-refractivity contribution in [3.05, 3.63) is 29.8 Å². The number of anilines is 1. The molecule has 0 bridgehead atoms. The van der Waals surface area contributed by atoms with Gasteiger partial charge in [-0.2, -0.15) is 0 Å². The lowest BCUT2D eigenvalue weighted by Crippen LogP contribution is -2.81. The van der Waals surface area contributed by atoms with Crippen molar-refractivity contribution in [3.63, 3.8) is 0 Å². The predicted octanol–water partition coefficient (Wildman–Crippen LogP) is 3.21. The minimum absolute atomic E-state index is 0.0179. The number of amides is 1. The molecule has 114 valence electrons. The molecule has 4 heteroatoms. The Morgan fingerprint density at radius 2 is 1.76 bits per heavy atom. The highest BCUT2D eigenvalue weighted by Crippen LogP contribution is 2.53. The third kappa shape index (κ3) is 2.17. The molecule has 1 aromatic carbocycles. The van der Waals surface area contributed by atoms with Crippen LogP contribution in [0.1, 0.15) is 26.3 Å². The van der Waals surface area contributed by atoms with Gasteiger partial charge in [-0.1, -0.05) is 38.5 Å². The Balaban J connectivity index is 1.74. The quantitative estimate of drug-likeness (QED) is 0.863. The number of hydrogen-bond acceptors (Lipinski definition) is 2. The second kappa shape index (κ2) is 4.39. The maximum absolute atomic E-state index is 11.4. The zero-order valence-electron chi connectivity index (χ0n) is 13.3. The van der Waals surface area contributed by atoms with Crippen LogP contribution in [0.25, 0.3) is 0 Å². The van der Waals surface area contributed by atoms with Gasteiger partial charge in [-0.25, -0.2) is 4.79 Å². The van der Waals surface area contributed by atoms with E-state index in [1.54, 1.807) is 4.90 Å². The van der Waals surface area contributed by atoms with Crippen molar-refractivity contribution >= 4 is 11.8 Å². The highest BCUT2D eigenvalue weighted by atomic mass is 16.4. The van der Waals surface area contributed by atoms with Gasteiger partial charge >= 0.3 is 6.09 Å². The van der Waals surface area contributed by atoms with E-state index in [4.69, 9.17) is 0 Å². The van der Waals surface area contributed by atoms with Crippen molar-refractivity contribution in [1.82, 2.24) is 4.90 Å². The summed E-state index contributed by atoms with van der Waals surface area (Å²) in [7, 11) is 0. The van der Waals surface area contributed by atoms with E-state index < -0.39 is 6.09 Å². The lowest BCUT2D eigenvalue weighted by Gasteiger charge is -2.68. The Morgan fingerprint density at radius 3 is 2.24 bits per heavy atom. The van der Waals surface area contributed by atoms with Crippen molar-refractivity contribution in [2.45, 2.75) is 33.7 Å². The minimum Gasteiger partial charge on any atom is -0.465 e. The molecule has 2 saturated heterocycles. The molecule has 2 heterocycles. The molecular weight excluding hydrogens is 264 g/mol. The normalized spacial score (nSPS) is 23.7. The van der Waals surface area contributed by atoms with E-state index in [-0.39, 0.29) is 16.9 Å². The average Bonchev–Trinajstić information content (AvgIpc) is 2.25. The summed E-state index contributed by atoms with van der Waals surface area (Å²) in [4.78, 5) is 15.3. The van der Waals surface area contributed by atoms with Crippen LogP contribution in [0.15, 0.2) is 24.3 Å². The summed E-state index contributed by atoms with van der Waals surface area (Å²) in [6.07, 6.45) is -0.783. The van der Waals surface area contributed by atoms with Crippen LogP contribution in [-0.4, -0.2) is 41.8 Å². The first-order valence-electron chi connectivity index (χ1n) is 7.54. The van der Waals surface area contributed by atoms with E-state index in [9.17, 15) is 9.90 Å². The maximum atomic E-state index is 11.4. The topological polar surface area (TPSA) is 43.8 Å². The summed E-state index contributed by atoms with van der Waals surface area (Å²) in [5.41, 5.74) is 2.63. The summed E-state index contributed by atoms with van der Waals surface area (Å²) in [5.74, 6) is 0. The molecule has 0 aliphatic carbocycles. The van der Waals surface area contributed by atoms with Crippen molar-refractivity contribution in [1.29, 1.82) is 0 Å². The zero-order chi connectivity index (χ0) is 15.4. The highest BCUT2D eigenvalue weighted by Gasteiger charge is 2.64. The van der Waals surface area contributed by atoms with Gasteiger partial charge in [-0.3, -0.25) is 0 Å². The Labute approximate surface area is 126 Å². The summed E-state index contributed by atoms with van der Waals surface area (Å²) >= 11 is 0. The van der Waals surface area contributed by atoms with E-state index >= 15 is 0 Å². The van der Waals surface area contributed by atoms with Gasteiger partial charge in [0.2, 0.25) is 0 Å². The van der Waals surface area contributed by atoms with E-state index in [2.05, 4.69) is 56.9 Å². The van der Waals surface area contributed by atoms with Crippen molar-refractivity contribution < 1.29 is 9.90 Å². The number of benzene rings is 1. The number of likely N-dealkylation sites (tertiary alicyclic amines) is 1. The Morgan fingerprint density at radius 1 is 1.19 bits per heavy atom. The third-order valence-electron chi connectivity index (χ3n) is 4.85. The van der Waals surface area contributed by atoms with Crippen LogP contribution in [0.4, 0.5) is 10.5 Å². The summed E-state index contributed by atoms with van der Waals surface area (Å²) in [5, 5.41) is 9.34. The van der Waals surface area contributed by atoms with Gasteiger partial charge in [0.1, 0.15) is 0 Å². The molecule has 3 rings (SSSR count). The molecular formula is C17H24N2O2. The van der Waals surface area contributed by atoms with Crippen LogP contribution in [0.2, 0.25) is 0 Å². The van der Waals surface area contributed by atoms with Crippen LogP contribution in [0, 0.1) is 17.8 Å². The number of aryl methyl sites for hydroxylation is 1. The SMILES string of the molecule is Cc1ccc(N2CC3(C2)CN(C(=O)O)C3C(C)(C)C)cc1. The number of carboxylic acid groups (broad SMARTS) is 1. The van der Waals surface area contributed by atoms with Gasteiger partial charge < -0.3 is 14.9 Å². The first-order chi connectivity index (χ1) is 9.73. The van der Waals surface area contributed by atoms with Gasteiger partial charge in [0.05, 0.1) is 6.04 Å². The Bertz CT molecular complexity index is 553. The first-order valence-corrected chi connectivity index (χ1v) is 7.54. The third-order valence-corrected chi connectivity index (χ3v) is 4.85. The first kappa shape index (κ1) is 14.2. The zero-order valence-corrected chi connectivity index (χ0v) is 13.3. The molecule has 1 amide bonds. The smallest absolute Gasteiger partial charge is 0.407 e. The van der Waals surface area contributed by atoms with Crippen LogP contribution in [0.3, 0.4) is 0 Å². The van der Waals surface area contributed by atoms with E-state index in [1.807, 2.05) is 0 Å². The Kier molecular flexibility index (Phi) is 2.98. The van der Waals surface area contributed by atoms with Gasteiger partial charge in [0.25, 0.3) is 0 Å². The minimum atomic E-state index is -0.783. The summed E-state index contributed by atoms with van der Waals surface area (Å²) in [6.45, 7) is 11.1. The Hall–Kier alpha value is -1.71. The van der Waals surface area contributed by atoms with Crippen LogP contribution in [0.5, 0.6) is 0 Å². The van der Waals surface area contributed by atoms with E-state index in [1.165, 1.54) is 11.3 Å². The molecule has 2 aliphatic heterocycles. The largest absolute Gasteiger partial charge is 0.465 e. The number of nitrogens with zero attached hydrogens (tertiary/aromatic N) is 2. The molecule has 0 radical (unpaired) electrons.